The van der Waals surface area contributed by atoms with Crippen LogP contribution in [-0.4, -0.2) is 88.8 Å². The van der Waals surface area contributed by atoms with Crippen LogP contribution in [0.3, 0.4) is 0 Å². The summed E-state index contributed by atoms with van der Waals surface area (Å²) in [7, 11) is 0. The van der Waals surface area contributed by atoms with Gasteiger partial charge in [-0.3, -0.25) is 38.8 Å². The lowest BCUT2D eigenvalue weighted by Crippen LogP contribution is -2.64. The SMILES string of the molecule is CC(=O)N[C@@H](CCCN=C(N)N)C(=O)NC(C)(C)C(=O)N[C@@H](CCCN=C(N)N)C(=O)NC(C)(Cc1ccccc1)C(N)=O.CC(=O)O. The van der Waals surface area contributed by atoms with E-state index in [0.717, 1.165) is 12.5 Å². The fraction of sp³-hybridized carbons (Fsp3) is 0.533. The number of carboxylic acid groups (broad SMARTS) is 1. The number of hydrogen-bond donors (Lipinski definition) is 10. The van der Waals surface area contributed by atoms with Crippen LogP contribution in [0.4, 0.5) is 0 Å². The molecule has 0 bridgehead atoms. The van der Waals surface area contributed by atoms with Crippen LogP contribution in [0.15, 0.2) is 40.3 Å². The Morgan fingerprint density at radius 1 is 0.750 bits per heavy atom. The van der Waals surface area contributed by atoms with Crippen LogP contribution in [0, 0.1) is 0 Å². The van der Waals surface area contributed by atoms with Crippen LogP contribution >= 0.6 is 0 Å². The van der Waals surface area contributed by atoms with Crippen molar-refractivity contribution in [3.05, 3.63) is 35.9 Å². The van der Waals surface area contributed by atoms with Crippen molar-refractivity contribution in [2.24, 2.45) is 38.7 Å². The molecule has 1 rings (SSSR count). The third-order valence-corrected chi connectivity index (χ3v) is 6.55. The van der Waals surface area contributed by atoms with E-state index in [0.29, 0.717) is 12.8 Å². The first-order valence-corrected chi connectivity index (χ1v) is 15.1. The summed E-state index contributed by atoms with van der Waals surface area (Å²) in [5, 5.41) is 17.9. The van der Waals surface area contributed by atoms with Gasteiger partial charge in [-0.15, -0.1) is 0 Å². The Kier molecular flexibility index (Phi) is 18.3. The third kappa shape index (κ3) is 17.9. The molecular formula is C30H51N11O7. The Balaban J connectivity index is 0.00000520. The summed E-state index contributed by atoms with van der Waals surface area (Å²) >= 11 is 0. The topological polar surface area (TPSA) is 326 Å². The summed E-state index contributed by atoms with van der Waals surface area (Å²) in [6.07, 6.45) is 1.08. The van der Waals surface area contributed by atoms with Crippen molar-refractivity contribution >= 4 is 47.4 Å². The first-order valence-electron chi connectivity index (χ1n) is 15.1. The molecule has 0 spiro atoms. The number of carboxylic acids is 1. The first-order chi connectivity index (χ1) is 22.2. The zero-order valence-corrected chi connectivity index (χ0v) is 28.2. The largest absolute Gasteiger partial charge is 0.481 e. The number of aliphatic carboxylic acids is 1. The van der Waals surface area contributed by atoms with Crippen molar-refractivity contribution < 1.29 is 33.9 Å². The van der Waals surface area contributed by atoms with Crippen molar-refractivity contribution in [3.63, 3.8) is 0 Å². The van der Waals surface area contributed by atoms with Crippen molar-refractivity contribution in [3.8, 4) is 0 Å². The molecular weight excluding hydrogens is 626 g/mol. The molecule has 3 atom stereocenters. The van der Waals surface area contributed by atoms with E-state index in [9.17, 15) is 24.0 Å². The molecule has 18 heteroatoms. The van der Waals surface area contributed by atoms with E-state index >= 15 is 0 Å². The molecule has 1 unspecified atom stereocenters. The lowest BCUT2D eigenvalue weighted by Gasteiger charge is -2.32. The summed E-state index contributed by atoms with van der Waals surface area (Å²) in [4.78, 5) is 81.0. The highest BCUT2D eigenvalue weighted by Crippen LogP contribution is 2.15. The second kappa shape index (κ2) is 20.7. The Bertz CT molecular complexity index is 1310. The molecule has 15 N–H and O–H groups in total. The fourth-order valence-electron chi connectivity index (χ4n) is 4.14. The van der Waals surface area contributed by atoms with E-state index in [1.54, 1.807) is 24.3 Å². The monoisotopic (exact) mass is 677 g/mol. The highest BCUT2D eigenvalue weighted by molar-refractivity contribution is 5.97. The summed E-state index contributed by atoms with van der Waals surface area (Å²) in [5.74, 6) is -4.26. The number of nitrogens with one attached hydrogen (secondary N) is 4. The average Bonchev–Trinajstić information content (AvgIpc) is 2.95. The van der Waals surface area contributed by atoms with Crippen molar-refractivity contribution in [1.82, 2.24) is 21.3 Å². The number of aliphatic imine (C=N–C) groups is 2. The predicted octanol–water partition coefficient (Wildman–Crippen LogP) is -2.33. The van der Waals surface area contributed by atoms with E-state index in [-0.39, 0.29) is 44.3 Å². The Morgan fingerprint density at radius 3 is 1.60 bits per heavy atom. The molecule has 1 aromatic rings. The number of amides is 5. The molecule has 0 heterocycles. The van der Waals surface area contributed by atoms with E-state index < -0.39 is 58.7 Å². The van der Waals surface area contributed by atoms with E-state index in [4.69, 9.17) is 38.6 Å². The molecule has 5 amide bonds. The maximum Gasteiger partial charge on any atom is 0.300 e. The maximum atomic E-state index is 13.5. The van der Waals surface area contributed by atoms with Gasteiger partial charge in [-0.05, 0) is 52.0 Å². The number of rotatable bonds is 18. The van der Waals surface area contributed by atoms with Crippen molar-refractivity contribution in [2.45, 2.75) is 89.9 Å². The number of carbonyl (C=O) groups is 6. The first kappa shape index (κ1) is 42.6. The molecule has 0 saturated heterocycles. The van der Waals surface area contributed by atoms with Gasteiger partial charge in [-0.2, -0.15) is 0 Å². The quantitative estimate of drug-likeness (QED) is 0.0446. The minimum Gasteiger partial charge on any atom is -0.481 e. The smallest absolute Gasteiger partial charge is 0.300 e. The third-order valence-electron chi connectivity index (χ3n) is 6.55. The van der Waals surface area contributed by atoms with Gasteiger partial charge in [0, 0.05) is 33.4 Å². The Labute approximate surface area is 280 Å². The standard InChI is InChI=1S/C28H47N11O5.C2H4O2/c1-17(40)36-19(12-8-14-34-25(30)31)21(41)38-27(2,3)24(44)37-20(13-9-15-35-26(32)33)22(42)39-28(4,23(29)43)16-18-10-6-5-7-11-18;1-2(3)4/h5-7,10-11,19-20H,8-9,12-16H2,1-4H3,(H2,29,43)(H,36,40)(H,37,44)(H,38,41)(H,39,42)(H4,30,31,34)(H4,32,33,35);1H3,(H,3,4)/t19-,20-,28?;/m0./s1. The second-order valence-electron chi connectivity index (χ2n) is 11.7. The van der Waals surface area contributed by atoms with Gasteiger partial charge < -0.3 is 55.0 Å². The normalized spacial score (nSPS) is 13.0. The maximum absolute atomic E-state index is 13.5. The van der Waals surface area contributed by atoms with Gasteiger partial charge in [0.1, 0.15) is 23.2 Å². The minimum atomic E-state index is -1.52. The van der Waals surface area contributed by atoms with Gasteiger partial charge in [0.05, 0.1) is 0 Å². The zero-order chi connectivity index (χ0) is 37.1. The van der Waals surface area contributed by atoms with Gasteiger partial charge in [0.2, 0.25) is 29.5 Å². The second-order valence-corrected chi connectivity index (χ2v) is 11.7. The summed E-state index contributed by atoms with van der Waals surface area (Å²) in [6.45, 7) is 7.15. The highest BCUT2D eigenvalue weighted by atomic mass is 16.4. The van der Waals surface area contributed by atoms with Gasteiger partial charge in [0.15, 0.2) is 11.9 Å². The molecule has 1 aromatic carbocycles. The van der Waals surface area contributed by atoms with Crippen molar-refractivity contribution in [2.75, 3.05) is 13.1 Å². The Hall–Kier alpha value is -5.42. The van der Waals surface area contributed by atoms with Crippen molar-refractivity contribution in [1.29, 1.82) is 0 Å². The lowest BCUT2D eigenvalue weighted by atomic mass is 9.91. The molecule has 268 valence electrons. The molecule has 48 heavy (non-hydrogen) atoms. The fourth-order valence-corrected chi connectivity index (χ4v) is 4.14. The molecule has 0 aliphatic rings. The number of primary amides is 1. The minimum absolute atomic E-state index is 0.0951. The van der Waals surface area contributed by atoms with E-state index in [1.807, 2.05) is 6.07 Å². The number of nitrogens with zero attached hydrogens (tertiary/aromatic N) is 2. The van der Waals surface area contributed by atoms with Crippen LogP contribution in [0.2, 0.25) is 0 Å². The number of carbonyl (C=O) groups excluding carboxylic acids is 5. The number of nitrogens with two attached hydrogens (primary N) is 5. The number of hydrogen-bond acceptors (Lipinski definition) is 8. The van der Waals surface area contributed by atoms with Crippen LogP contribution < -0.4 is 49.9 Å². The molecule has 18 nitrogen and oxygen atoms in total. The Morgan fingerprint density at radius 2 is 1.19 bits per heavy atom. The van der Waals surface area contributed by atoms with Gasteiger partial charge in [0.25, 0.3) is 5.97 Å². The van der Waals surface area contributed by atoms with Crippen LogP contribution in [0.25, 0.3) is 0 Å². The van der Waals surface area contributed by atoms with Crippen LogP contribution in [-0.2, 0) is 35.2 Å². The molecule has 0 aliphatic carbocycles. The summed E-state index contributed by atoms with van der Waals surface area (Å²) in [6, 6.07) is 6.88. The number of guanidine groups is 2. The van der Waals surface area contributed by atoms with E-state index in [2.05, 4.69) is 31.3 Å². The molecule has 0 aromatic heterocycles. The highest BCUT2D eigenvalue weighted by Gasteiger charge is 2.38. The van der Waals surface area contributed by atoms with Crippen LogP contribution in [0.5, 0.6) is 0 Å². The number of benzene rings is 1. The van der Waals surface area contributed by atoms with Crippen LogP contribution in [0.1, 0.15) is 65.9 Å². The van der Waals surface area contributed by atoms with Gasteiger partial charge in [-0.1, -0.05) is 30.3 Å². The predicted molar refractivity (Wildman–Crippen MR) is 181 cm³/mol. The van der Waals surface area contributed by atoms with Gasteiger partial charge in [-0.25, -0.2) is 0 Å². The lowest BCUT2D eigenvalue weighted by molar-refractivity contribution is -0.137. The van der Waals surface area contributed by atoms with E-state index in [1.165, 1.54) is 27.7 Å². The molecule has 0 fully saturated rings. The zero-order valence-electron chi connectivity index (χ0n) is 28.2. The summed E-state index contributed by atoms with van der Waals surface area (Å²) in [5.41, 5.74) is 24.9. The van der Waals surface area contributed by atoms with Gasteiger partial charge >= 0.3 is 0 Å². The molecule has 0 radical (unpaired) electrons. The summed E-state index contributed by atoms with van der Waals surface area (Å²) < 4.78 is 0. The molecule has 0 aliphatic heterocycles. The average molecular weight is 678 g/mol. The molecule has 0 saturated carbocycles.